The highest BCUT2D eigenvalue weighted by Crippen LogP contribution is 2.24. The Kier molecular flexibility index (Phi) is 7.44. The molecule has 1 saturated heterocycles. The minimum Gasteiger partial charge on any atom is -0.353 e. The van der Waals surface area contributed by atoms with Crippen LogP contribution in [0.25, 0.3) is 0 Å². The van der Waals surface area contributed by atoms with Crippen molar-refractivity contribution < 1.29 is 9.59 Å². The van der Waals surface area contributed by atoms with Gasteiger partial charge in [-0.2, -0.15) is 0 Å². The summed E-state index contributed by atoms with van der Waals surface area (Å²) in [5.41, 5.74) is 1.09. The van der Waals surface area contributed by atoms with E-state index in [4.69, 9.17) is 0 Å². The lowest BCUT2D eigenvalue weighted by Gasteiger charge is -2.35. The van der Waals surface area contributed by atoms with E-state index in [-0.39, 0.29) is 29.7 Å². The van der Waals surface area contributed by atoms with Crippen molar-refractivity contribution in [3.8, 4) is 0 Å². The quantitative estimate of drug-likeness (QED) is 0.796. The second kappa shape index (κ2) is 9.56. The van der Waals surface area contributed by atoms with Crippen molar-refractivity contribution in [2.75, 3.05) is 26.7 Å². The maximum atomic E-state index is 12.9. The smallest absolute Gasteiger partial charge is 0.230 e. The molecule has 2 rings (SSSR count). The molecule has 2 N–H and O–H groups in total. The molecule has 1 aliphatic rings. The Labute approximate surface area is 151 Å². The zero-order valence-electron chi connectivity index (χ0n) is 15.6. The number of nitrogens with one attached hydrogen (secondary N) is 2. The molecular formula is C20H31N3O2. The summed E-state index contributed by atoms with van der Waals surface area (Å²) < 4.78 is 0. The lowest BCUT2D eigenvalue weighted by Crippen LogP contribution is -2.49. The van der Waals surface area contributed by atoms with Crippen molar-refractivity contribution in [2.24, 2.45) is 5.92 Å². The second-order valence-electron chi connectivity index (χ2n) is 6.94. The van der Waals surface area contributed by atoms with Gasteiger partial charge in [0.1, 0.15) is 0 Å². The molecule has 0 aromatic heterocycles. The number of hydrogen-bond acceptors (Lipinski definition) is 3. The molecule has 0 spiro atoms. The first kappa shape index (κ1) is 19.4. The number of likely N-dealkylation sites (tertiary alicyclic amines) is 1. The van der Waals surface area contributed by atoms with Crippen molar-refractivity contribution in [2.45, 2.75) is 45.1 Å². The summed E-state index contributed by atoms with van der Waals surface area (Å²) in [5.74, 6) is 0.201. The largest absolute Gasteiger partial charge is 0.353 e. The van der Waals surface area contributed by atoms with Gasteiger partial charge < -0.3 is 15.5 Å². The third kappa shape index (κ3) is 5.30. The van der Waals surface area contributed by atoms with Crippen LogP contribution in [0.3, 0.4) is 0 Å². The highest BCUT2D eigenvalue weighted by atomic mass is 16.2. The predicted molar refractivity (Wildman–Crippen MR) is 100 cm³/mol. The van der Waals surface area contributed by atoms with Gasteiger partial charge >= 0.3 is 0 Å². The van der Waals surface area contributed by atoms with Gasteiger partial charge in [0, 0.05) is 31.6 Å². The molecular weight excluding hydrogens is 314 g/mol. The summed E-state index contributed by atoms with van der Waals surface area (Å²) in [6, 6.07) is 10.2. The van der Waals surface area contributed by atoms with E-state index in [0.29, 0.717) is 19.6 Å². The normalized spacial score (nSPS) is 17.8. The molecule has 2 unspecified atom stereocenters. The van der Waals surface area contributed by atoms with E-state index in [1.54, 1.807) is 0 Å². The lowest BCUT2D eigenvalue weighted by atomic mass is 9.93. The zero-order chi connectivity index (χ0) is 18.2. The Bertz CT molecular complexity index is 553. The fraction of sp³-hybridized carbons (Fsp3) is 0.600. The van der Waals surface area contributed by atoms with Crippen LogP contribution >= 0.6 is 0 Å². The third-order valence-electron chi connectivity index (χ3n) is 5.02. The average molecular weight is 345 g/mol. The minimum absolute atomic E-state index is 0.0350. The summed E-state index contributed by atoms with van der Waals surface area (Å²) in [6.07, 6.45) is 2.46. The number of benzene rings is 1. The van der Waals surface area contributed by atoms with Gasteiger partial charge in [-0.05, 0) is 31.9 Å². The van der Waals surface area contributed by atoms with Gasteiger partial charge in [0.2, 0.25) is 11.8 Å². The zero-order valence-corrected chi connectivity index (χ0v) is 15.6. The molecule has 5 heteroatoms. The maximum Gasteiger partial charge on any atom is 0.230 e. The molecule has 1 heterocycles. The number of amides is 2. The molecule has 0 bridgehead atoms. The number of piperidine rings is 1. The first-order chi connectivity index (χ1) is 12.1. The number of carbonyl (C=O) groups is 2. The molecule has 2 amide bonds. The minimum atomic E-state index is -0.0667. The molecule has 5 nitrogen and oxygen atoms in total. The highest BCUT2D eigenvalue weighted by molar-refractivity contribution is 5.84. The van der Waals surface area contributed by atoms with Crippen molar-refractivity contribution in [3.05, 3.63) is 35.9 Å². The number of carbonyl (C=O) groups excluding carboxylic acids is 2. The molecule has 1 aromatic carbocycles. The van der Waals surface area contributed by atoms with Crippen molar-refractivity contribution in [1.29, 1.82) is 0 Å². The van der Waals surface area contributed by atoms with E-state index >= 15 is 0 Å². The first-order valence-electron chi connectivity index (χ1n) is 9.35. The third-order valence-corrected chi connectivity index (χ3v) is 5.02. The van der Waals surface area contributed by atoms with Crippen LogP contribution in [-0.4, -0.2) is 49.4 Å². The van der Waals surface area contributed by atoms with Crippen LogP contribution in [0.4, 0.5) is 0 Å². The Hall–Kier alpha value is -1.88. The SMILES string of the molecule is CCC(C(=O)N1CCC(NC(=O)C(C)CNC)CC1)c1ccccc1. The average Bonchev–Trinajstić information content (AvgIpc) is 2.64. The van der Waals surface area contributed by atoms with E-state index in [2.05, 4.69) is 17.6 Å². The fourth-order valence-corrected chi connectivity index (χ4v) is 3.45. The van der Waals surface area contributed by atoms with Crippen molar-refractivity contribution in [1.82, 2.24) is 15.5 Å². The van der Waals surface area contributed by atoms with Gasteiger partial charge in [-0.3, -0.25) is 9.59 Å². The van der Waals surface area contributed by atoms with Gasteiger partial charge in [0.05, 0.1) is 5.92 Å². The monoisotopic (exact) mass is 345 g/mol. The van der Waals surface area contributed by atoms with Crippen molar-refractivity contribution in [3.63, 3.8) is 0 Å². The molecule has 1 aliphatic heterocycles. The summed E-state index contributed by atoms with van der Waals surface area (Å²) >= 11 is 0. The Morgan fingerprint density at radius 1 is 1.20 bits per heavy atom. The van der Waals surface area contributed by atoms with Gasteiger partial charge in [0.15, 0.2) is 0 Å². The molecule has 0 saturated carbocycles. The topological polar surface area (TPSA) is 61.4 Å². The molecule has 138 valence electrons. The van der Waals surface area contributed by atoms with E-state index < -0.39 is 0 Å². The van der Waals surface area contributed by atoms with Crippen LogP contribution in [0.2, 0.25) is 0 Å². The maximum absolute atomic E-state index is 12.9. The molecule has 1 aromatic rings. The van der Waals surface area contributed by atoms with Gasteiger partial charge in [0.25, 0.3) is 0 Å². The second-order valence-corrected chi connectivity index (χ2v) is 6.94. The lowest BCUT2D eigenvalue weighted by molar-refractivity contribution is -0.134. The fourth-order valence-electron chi connectivity index (χ4n) is 3.45. The van der Waals surface area contributed by atoms with Crippen LogP contribution in [-0.2, 0) is 9.59 Å². The highest BCUT2D eigenvalue weighted by Gasteiger charge is 2.29. The van der Waals surface area contributed by atoms with Crippen molar-refractivity contribution >= 4 is 11.8 Å². The Morgan fingerprint density at radius 3 is 2.40 bits per heavy atom. The number of rotatable bonds is 7. The van der Waals surface area contributed by atoms with E-state index in [9.17, 15) is 9.59 Å². The summed E-state index contributed by atoms with van der Waals surface area (Å²) in [5, 5.41) is 6.15. The molecule has 25 heavy (non-hydrogen) atoms. The predicted octanol–water partition coefficient (Wildman–Crippen LogP) is 2.14. The molecule has 1 fully saturated rings. The van der Waals surface area contributed by atoms with Gasteiger partial charge in [-0.1, -0.05) is 44.2 Å². The molecule has 0 radical (unpaired) electrons. The van der Waals surface area contributed by atoms with Crippen LogP contribution in [0.1, 0.15) is 44.6 Å². The van der Waals surface area contributed by atoms with E-state index in [0.717, 1.165) is 24.8 Å². The summed E-state index contributed by atoms with van der Waals surface area (Å²) in [6.45, 7) is 6.10. The van der Waals surface area contributed by atoms with E-state index in [1.807, 2.05) is 49.2 Å². The Balaban J connectivity index is 1.86. The summed E-state index contributed by atoms with van der Waals surface area (Å²) in [7, 11) is 1.85. The van der Waals surface area contributed by atoms with E-state index in [1.165, 1.54) is 0 Å². The van der Waals surface area contributed by atoms with Crippen LogP contribution in [0, 0.1) is 5.92 Å². The molecule has 0 aliphatic carbocycles. The number of hydrogen-bond donors (Lipinski definition) is 2. The van der Waals surface area contributed by atoms with Crippen LogP contribution in [0.5, 0.6) is 0 Å². The molecule has 2 atom stereocenters. The Morgan fingerprint density at radius 2 is 1.84 bits per heavy atom. The standard InChI is InChI=1S/C20H31N3O2/c1-4-18(16-8-6-5-7-9-16)20(25)23-12-10-17(11-13-23)22-19(24)15(2)14-21-3/h5-9,15,17-18,21H,4,10-14H2,1-3H3,(H,22,24). The van der Waals surface area contributed by atoms with Gasteiger partial charge in [-0.25, -0.2) is 0 Å². The number of nitrogens with zero attached hydrogens (tertiary/aromatic N) is 1. The van der Waals surface area contributed by atoms with Gasteiger partial charge in [-0.15, -0.1) is 0 Å². The van der Waals surface area contributed by atoms with Crippen LogP contribution < -0.4 is 10.6 Å². The van der Waals surface area contributed by atoms with Crippen LogP contribution in [0.15, 0.2) is 30.3 Å². The first-order valence-corrected chi connectivity index (χ1v) is 9.35. The summed E-state index contributed by atoms with van der Waals surface area (Å²) in [4.78, 5) is 27.0.